The molecule has 1 aliphatic heterocycles. The molecular formula is C11H7NaO5S4. The topological polar surface area (TPSA) is 75.7 Å². The van der Waals surface area contributed by atoms with E-state index in [9.17, 15) is 13.0 Å². The Morgan fingerprint density at radius 1 is 1.38 bits per heavy atom. The Balaban J connectivity index is 0.00000161. The van der Waals surface area contributed by atoms with Gasteiger partial charge in [0.1, 0.15) is 32.0 Å². The second kappa shape index (κ2) is 6.25. The van der Waals surface area contributed by atoms with Crippen molar-refractivity contribution in [1.82, 2.24) is 0 Å². The Labute approximate surface area is 156 Å². The molecule has 0 radical (unpaired) electrons. The fourth-order valence-corrected chi connectivity index (χ4v) is 5.47. The van der Waals surface area contributed by atoms with Crippen molar-refractivity contribution < 1.29 is 52.0 Å². The Bertz CT molecular complexity index is 852. The summed E-state index contributed by atoms with van der Waals surface area (Å²) in [6.45, 7) is 0.284. The number of rotatable bonds is 2. The molecule has 0 N–H and O–H groups in total. The van der Waals surface area contributed by atoms with E-state index in [4.69, 9.17) is 21.7 Å². The minimum absolute atomic E-state index is 0. The van der Waals surface area contributed by atoms with Gasteiger partial charge in [-0.25, -0.2) is 8.42 Å². The van der Waals surface area contributed by atoms with Crippen molar-refractivity contribution in [2.24, 2.45) is 0 Å². The average molecular weight is 370 g/mol. The number of benzene rings is 1. The molecule has 10 heteroatoms. The number of hydrogen-bond acceptors (Lipinski definition) is 8. The molecule has 21 heavy (non-hydrogen) atoms. The summed E-state index contributed by atoms with van der Waals surface area (Å²) in [5.74, 6) is 0.372. The van der Waals surface area contributed by atoms with Gasteiger partial charge in [0.15, 0.2) is 0 Å². The van der Waals surface area contributed by atoms with Gasteiger partial charge in [-0.15, -0.1) is 0 Å². The molecule has 3 rings (SSSR count). The van der Waals surface area contributed by atoms with E-state index in [0.717, 1.165) is 14.3 Å². The standard InChI is InChI=1S/C11H8O5S4.Na/c1-15-8-2-5-7(3-9(8)20(12,13)14)16-4-6-10(5)18-19-11(6)17;/h2-3H,4H2,1H3,(H,12,13,14);/q;+1/p-1. The third-order valence-corrected chi connectivity index (χ3v) is 6.91. The first-order valence-electron chi connectivity index (χ1n) is 5.35. The van der Waals surface area contributed by atoms with Gasteiger partial charge < -0.3 is 14.0 Å². The van der Waals surface area contributed by atoms with Crippen molar-refractivity contribution in [3.8, 4) is 21.9 Å². The molecule has 5 nitrogen and oxygen atoms in total. The first-order valence-corrected chi connectivity index (χ1v) is 9.31. The molecule has 0 fully saturated rings. The van der Waals surface area contributed by atoms with E-state index in [1.807, 2.05) is 0 Å². The minimum Gasteiger partial charge on any atom is -0.744 e. The zero-order valence-corrected chi connectivity index (χ0v) is 16.3. The van der Waals surface area contributed by atoms with Gasteiger partial charge in [0, 0.05) is 17.2 Å². The molecule has 0 spiro atoms. The summed E-state index contributed by atoms with van der Waals surface area (Å²) in [7, 11) is -0.341. The average Bonchev–Trinajstić information content (AvgIpc) is 2.78. The van der Waals surface area contributed by atoms with E-state index in [1.165, 1.54) is 39.9 Å². The van der Waals surface area contributed by atoms with E-state index < -0.39 is 15.0 Å². The summed E-state index contributed by atoms with van der Waals surface area (Å²) in [5.41, 5.74) is 1.62. The van der Waals surface area contributed by atoms with Crippen molar-refractivity contribution in [3.63, 3.8) is 0 Å². The second-order valence-electron chi connectivity index (χ2n) is 4.00. The van der Waals surface area contributed by atoms with Crippen molar-refractivity contribution in [2.75, 3.05) is 7.11 Å². The molecule has 2 aromatic rings. The van der Waals surface area contributed by atoms with Crippen molar-refractivity contribution >= 4 is 43.0 Å². The number of hydrogen-bond donors (Lipinski definition) is 0. The molecule has 0 unspecified atom stereocenters. The van der Waals surface area contributed by atoms with Gasteiger partial charge in [-0.2, -0.15) is 0 Å². The molecule has 1 aliphatic rings. The Kier molecular flexibility index (Phi) is 5.16. The molecule has 0 atom stereocenters. The van der Waals surface area contributed by atoms with Crippen LogP contribution in [0.1, 0.15) is 5.56 Å². The van der Waals surface area contributed by atoms with E-state index in [0.29, 0.717) is 11.3 Å². The number of methoxy groups -OCH3 is 1. The summed E-state index contributed by atoms with van der Waals surface area (Å²) in [4.78, 5) is 0.524. The summed E-state index contributed by atoms with van der Waals surface area (Å²) >= 11 is 5.22. The summed E-state index contributed by atoms with van der Waals surface area (Å²) in [6, 6.07) is 2.73. The summed E-state index contributed by atoms with van der Waals surface area (Å²) in [5, 5.41) is 0. The maximum atomic E-state index is 11.2. The van der Waals surface area contributed by atoms with Crippen molar-refractivity contribution in [2.45, 2.75) is 11.5 Å². The van der Waals surface area contributed by atoms with E-state index in [-0.39, 0.29) is 41.9 Å². The molecule has 1 aromatic carbocycles. The number of ether oxygens (including phenoxy) is 2. The van der Waals surface area contributed by atoms with Crippen LogP contribution in [-0.2, 0) is 16.7 Å². The van der Waals surface area contributed by atoms with Gasteiger partial charge in [0.05, 0.1) is 16.9 Å². The van der Waals surface area contributed by atoms with E-state index >= 15 is 0 Å². The Morgan fingerprint density at radius 3 is 2.71 bits per heavy atom. The predicted octanol–water partition coefficient (Wildman–Crippen LogP) is 0.0152. The van der Waals surface area contributed by atoms with Crippen LogP contribution in [0.4, 0.5) is 0 Å². The SMILES string of the molecule is COc1cc2c(cc1S(=O)(=O)[O-])OCc1c-2ssc1=S.[Na+]. The largest absolute Gasteiger partial charge is 1.00 e. The third kappa shape index (κ3) is 3.06. The molecule has 106 valence electrons. The van der Waals surface area contributed by atoms with Gasteiger partial charge in [-0.05, 0) is 6.07 Å². The van der Waals surface area contributed by atoms with Crippen molar-refractivity contribution in [1.29, 1.82) is 0 Å². The van der Waals surface area contributed by atoms with Crippen LogP contribution in [0.5, 0.6) is 11.5 Å². The summed E-state index contributed by atoms with van der Waals surface area (Å²) in [6.07, 6.45) is 0. The molecule has 1 aromatic heterocycles. The molecular weight excluding hydrogens is 363 g/mol. The van der Waals surface area contributed by atoms with Crippen molar-refractivity contribution in [3.05, 3.63) is 21.5 Å². The molecule has 2 heterocycles. The van der Waals surface area contributed by atoms with Crippen LogP contribution < -0.4 is 39.0 Å². The van der Waals surface area contributed by atoms with Gasteiger partial charge in [-0.3, -0.25) is 0 Å². The van der Waals surface area contributed by atoms with Crippen LogP contribution in [0, 0.1) is 3.82 Å². The van der Waals surface area contributed by atoms with Gasteiger partial charge >= 0.3 is 29.6 Å². The maximum Gasteiger partial charge on any atom is 1.00 e. The first kappa shape index (κ1) is 17.4. The van der Waals surface area contributed by atoms with Crippen LogP contribution in [0.3, 0.4) is 0 Å². The van der Waals surface area contributed by atoms with Gasteiger partial charge in [0.25, 0.3) is 0 Å². The fourth-order valence-electron chi connectivity index (χ4n) is 1.95. The van der Waals surface area contributed by atoms with E-state index in [1.54, 1.807) is 0 Å². The molecule has 0 aliphatic carbocycles. The number of fused-ring (bicyclic) bond motifs is 3. The smallest absolute Gasteiger partial charge is 0.744 e. The van der Waals surface area contributed by atoms with Crippen LogP contribution >= 0.6 is 32.9 Å². The molecule has 0 saturated carbocycles. The normalized spacial score (nSPS) is 12.7. The van der Waals surface area contributed by atoms with Gasteiger partial charge in [0.2, 0.25) is 0 Å². The summed E-state index contributed by atoms with van der Waals surface area (Å²) < 4.78 is 45.0. The van der Waals surface area contributed by atoms with Gasteiger partial charge in [-0.1, -0.05) is 32.9 Å². The Hall–Kier alpha value is 0.000000000000000222. The first-order chi connectivity index (χ1) is 9.41. The molecule has 0 saturated heterocycles. The third-order valence-electron chi connectivity index (χ3n) is 2.87. The minimum atomic E-state index is -4.62. The van der Waals surface area contributed by atoms with E-state index in [2.05, 4.69) is 0 Å². The van der Waals surface area contributed by atoms with Crippen LogP contribution in [0.15, 0.2) is 17.0 Å². The quantitative estimate of drug-likeness (QED) is 0.321. The van der Waals surface area contributed by atoms with Crippen LogP contribution in [0.2, 0.25) is 0 Å². The second-order valence-corrected chi connectivity index (χ2v) is 8.17. The van der Waals surface area contributed by atoms with Crippen LogP contribution in [0.25, 0.3) is 10.4 Å². The zero-order valence-electron chi connectivity index (χ0n) is 11.0. The predicted molar refractivity (Wildman–Crippen MR) is 77.3 cm³/mol. The van der Waals surface area contributed by atoms with Crippen LogP contribution in [-0.4, -0.2) is 20.1 Å². The maximum absolute atomic E-state index is 11.2. The molecule has 0 amide bonds. The zero-order chi connectivity index (χ0) is 14.5. The Morgan fingerprint density at radius 2 is 2.10 bits per heavy atom. The molecule has 0 bridgehead atoms. The fraction of sp³-hybridized carbons (Fsp3) is 0.182. The monoisotopic (exact) mass is 370 g/mol.